The summed E-state index contributed by atoms with van der Waals surface area (Å²) in [4.78, 5) is 22.2. The molecule has 4 aromatic rings. The fourth-order valence-corrected chi connectivity index (χ4v) is 4.00. The number of rotatable bonds is 5. The average molecular weight is 377 g/mol. The van der Waals surface area contributed by atoms with Crippen LogP contribution in [0, 0.1) is 13.8 Å². The van der Waals surface area contributed by atoms with Crippen LogP contribution in [-0.2, 0) is 6.42 Å². The minimum absolute atomic E-state index is 0.120. The molecule has 0 radical (unpaired) electrons. The molecule has 1 amide bonds. The Morgan fingerprint density at radius 3 is 2.74 bits per heavy atom. The van der Waals surface area contributed by atoms with E-state index in [-0.39, 0.29) is 11.9 Å². The molecule has 136 valence electrons. The van der Waals surface area contributed by atoms with Crippen molar-refractivity contribution in [3.63, 3.8) is 0 Å². The van der Waals surface area contributed by atoms with E-state index in [1.54, 1.807) is 6.20 Å². The van der Waals surface area contributed by atoms with Crippen molar-refractivity contribution in [1.29, 1.82) is 0 Å². The molecule has 2 N–H and O–H groups in total. The molecule has 0 aliphatic rings. The van der Waals surface area contributed by atoms with Gasteiger partial charge >= 0.3 is 0 Å². The molecule has 1 atom stereocenters. The summed E-state index contributed by atoms with van der Waals surface area (Å²) >= 11 is 1.41. The second-order valence-corrected chi connectivity index (χ2v) is 7.58. The molecule has 27 heavy (non-hydrogen) atoms. The maximum absolute atomic E-state index is 12.9. The summed E-state index contributed by atoms with van der Waals surface area (Å²) in [6.45, 7) is 3.77. The molecule has 3 heterocycles. The quantitative estimate of drug-likeness (QED) is 0.555. The minimum atomic E-state index is -0.254. The maximum atomic E-state index is 12.9. The van der Waals surface area contributed by atoms with Crippen LogP contribution in [0.1, 0.15) is 37.7 Å². The molecule has 0 spiro atoms. The summed E-state index contributed by atoms with van der Waals surface area (Å²) in [5.41, 5.74) is 3.38. The number of hydrogen-bond acceptors (Lipinski definition) is 5. The fraction of sp³-hybridized carbons (Fsp3) is 0.200. The number of hydrogen-bond donors (Lipinski definition) is 2. The van der Waals surface area contributed by atoms with Gasteiger partial charge in [0.2, 0.25) is 0 Å². The molecule has 0 saturated carbocycles. The first-order valence-corrected chi connectivity index (χ1v) is 9.51. The second-order valence-electron chi connectivity index (χ2n) is 6.38. The van der Waals surface area contributed by atoms with Crippen LogP contribution in [0.15, 0.2) is 48.7 Å². The molecule has 0 bridgehead atoms. The van der Waals surface area contributed by atoms with E-state index >= 15 is 0 Å². The summed E-state index contributed by atoms with van der Waals surface area (Å²) in [5.74, 6) is -0.120. The second kappa shape index (κ2) is 7.28. The van der Waals surface area contributed by atoms with Crippen molar-refractivity contribution in [3.05, 3.63) is 75.5 Å². The highest BCUT2D eigenvalue weighted by Crippen LogP contribution is 2.25. The van der Waals surface area contributed by atoms with Gasteiger partial charge in [0.25, 0.3) is 5.91 Å². The lowest BCUT2D eigenvalue weighted by atomic mass is 10.0. The number of nitrogens with one attached hydrogen (secondary N) is 2. The van der Waals surface area contributed by atoms with Crippen molar-refractivity contribution in [3.8, 4) is 0 Å². The van der Waals surface area contributed by atoms with Gasteiger partial charge in [0.05, 0.1) is 22.4 Å². The van der Waals surface area contributed by atoms with Crippen LogP contribution < -0.4 is 5.32 Å². The van der Waals surface area contributed by atoms with Crippen LogP contribution in [-0.4, -0.2) is 26.1 Å². The largest absolute Gasteiger partial charge is 0.343 e. The van der Waals surface area contributed by atoms with Gasteiger partial charge in [-0.25, -0.2) is 9.97 Å². The Labute approximate surface area is 160 Å². The number of aromatic nitrogens is 4. The molecule has 7 heteroatoms. The highest BCUT2D eigenvalue weighted by molar-refractivity contribution is 7.13. The number of amides is 1. The number of carbonyl (C=O) groups is 1. The first-order chi connectivity index (χ1) is 13.1. The van der Waals surface area contributed by atoms with Gasteiger partial charge in [-0.1, -0.05) is 30.3 Å². The first kappa shape index (κ1) is 17.4. The van der Waals surface area contributed by atoms with Gasteiger partial charge in [-0.3, -0.25) is 9.89 Å². The summed E-state index contributed by atoms with van der Waals surface area (Å²) < 4.78 is 0. The van der Waals surface area contributed by atoms with E-state index in [4.69, 9.17) is 0 Å². The van der Waals surface area contributed by atoms with E-state index in [0.717, 1.165) is 27.3 Å². The van der Waals surface area contributed by atoms with E-state index in [9.17, 15) is 4.79 Å². The number of benzene rings is 1. The van der Waals surface area contributed by atoms with Crippen molar-refractivity contribution in [2.45, 2.75) is 26.3 Å². The van der Waals surface area contributed by atoms with E-state index in [0.29, 0.717) is 16.9 Å². The van der Waals surface area contributed by atoms with E-state index in [2.05, 4.69) is 37.6 Å². The van der Waals surface area contributed by atoms with Gasteiger partial charge in [0.15, 0.2) is 5.65 Å². The molecule has 0 aliphatic carbocycles. The molecule has 4 rings (SSSR count). The molecule has 1 aromatic carbocycles. The van der Waals surface area contributed by atoms with Gasteiger partial charge in [-0.15, -0.1) is 11.3 Å². The third kappa shape index (κ3) is 3.59. The van der Waals surface area contributed by atoms with Gasteiger partial charge < -0.3 is 5.32 Å². The molecule has 1 unspecified atom stereocenters. The zero-order chi connectivity index (χ0) is 18.8. The van der Waals surface area contributed by atoms with Crippen LogP contribution in [0.25, 0.3) is 11.0 Å². The van der Waals surface area contributed by atoms with E-state index < -0.39 is 0 Å². The lowest BCUT2D eigenvalue weighted by Crippen LogP contribution is -2.30. The van der Waals surface area contributed by atoms with Crippen molar-refractivity contribution in [2.24, 2.45) is 0 Å². The van der Waals surface area contributed by atoms with Crippen molar-refractivity contribution in [1.82, 2.24) is 25.5 Å². The third-order valence-electron chi connectivity index (χ3n) is 4.41. The highest BCUT2D eigenvalue weighted by atomic mass is 32.1. The van der Waals surface area contributed by atoms with Gasteiger partial charge in [0.1, 0.15) is 4.88 Å². The number of aryl methyl sites for hydroxylation is 2. The normalized spacial score (nSPS) is 12.2. The number of thiazole rings is 1. The standard InChI is InChI=1S/C20H19N5OS/c1-12-18(27-13(2)22-12)20(26)23-16(11-14-7-4-3-5-8-14)17-15-9-6-10-21-19(15)25-24-17/h3-10,16H,11H2,1-2H3,(H,23,26)(H,21,24,25). The third-order valence-corrected chi connectivity index (χ3v) is 5.48. The lowest BCUT2D eigenvalue weighted by molar-refractivity contribution is 0.0939. The number of aromatic amines is 1. The zero-order valence-electron chi connectivity index (χ0n) is 15.1. The summed E-state index contributed by atoms with van der Waals surface area (Å²) in [5, 5.41) is 12.3. The SMILES string of the molecule is Cc1nc(C)c(C(=O)NC(Cc2ccccc2)c2[nH]nc3ncccc23)s1. The minimum Gasteiger partial charge on any atom is -0.343 e. The Kier molecular flexibility index (Phi) is 4.68. The van der Waals surface area contributed by atoms with Gasteiger partial charge in [-0.2, -0.15) is 5.10 Å². The van der Waals surface area contributed by atoms with Crippen molar-refractivity contribution < 1.29 is 4.79 Å². The Morgan fingerprint density at radius 2 is 2.00 bits per heavy atom. The molecular formula is C20H19N5OS. The Hall–Kier alpha value is -3.06. The van der Waals surface area contributed by atoms with Gasteiger partial charge in [0, 0.05) is 11.6 Å². The monoisotopic (exact) mass is 377 g/mol. The summed E-state index contributed by atoms with van der Waals surface area (Å²) in [7, 11) is 0. The number of carbonyl (C=O) groups excluding carboxylic acids is 1. The van der Waals surface area contributed by atoms with Crippen LogP contribution in [0.3, 0.4) is 0 Å². The smallest absolute Gasteiger partial charge is 0.263 e. The molecule has 0 aliphatic heterocycles. The number of nitrogens with zero attached hydrogens (tertiary/aromatic N) is 3. The molecule has 0 fully saturated rings. The average Bonchev–Trinajstić information content (AvgIpc) is 3.25. The topological polar surface area (TPSA) is 83.6 Å². The lowest BCUT2D eigenvalue weighted by Gasteiger charge is -2.18. The number of pyridine rings is 1. The summed E-state index contributed by atoms with van der Waals surface area (Å²) in [6, 6.07) is 13.7. The Balaban J connectivity index is 1.69. The van der Waals surface area contributed by atoms with Crippen molar-refractivity contribution >= 4 is 28.3 Å². The van der Waals surface area contributed by atoms with Gasteiger partial charge in [-0.05, 0) is 38.0 Å². The molecular weight excluding hydrogens is 358 g/mol. The molecule has 3 aromatic heterocycles. The zero-order valence-corrected chi connectivity index (χ0v) is 15.9. The predicted molar refractivity (Wildman–Crippen MR) is 106 cm³/mol. The molecule has 6 nitrogen and oxygen atoms in total. The van der Waals surface area contributed by atoms with Crippen LogP contribution in [0.4, 0.5) is 0 Å². The molecule has 0 saturated heterocycles. The van der Waals surface area contributed by atoms with Crippen LogP contribution >= 0.6 is 11.3 Å². The Bertz CT molecular complexity index is 1090. The first-order valence-electron chi connectivity index (χ1n) is 8.69. The van der Waals surface area contributed by atoms with Crippen molar-refractivity contribution in [2.75, 3.05) is 0 Å². The summed E-state index contributed by atoms with van der Waals surface area (Å²) in [6.07, 6.45) is 2.36. The Morgan fingerprint density at radius 1 is 1.19 bits per heavy atom. The van der Waals surface area contributed by atoms with E-state index in [1.807, 2.05) is 44.2 Å². The predicted octanol–water partition coefficient (Wildman–Crippen LogP) is 3.75. The maximum Gasteiger partial charge on any atom is 0.263 e. The number of H-pyrrole nitrogens is 1. The highest BCUT2D eigenvalue weighted by Gasteiger charge is 2.23. The van der Waals surface area contributed by atoms with Crippen LogP contribution in [0.2, 0.25) is 0 Å². The van der Waals surface area contributed by atoms with E-state index in [1.165, 1.54) is 11.3 Å². The number of fused-ring (bicyclic) bond motifs is 1. The fourth-order valence-electron chi connectivity index (χ4n) is 3.18. The van der Waals surface area contributed by atoms with Crippen LogP contribution in [0.5, 0.6) is 0 Å².